The maximum Gasteiger partial charge on any atom is 0.273 e. The summed E-state index contributed by atoms with van der Waals surface area (Å²) in [7, 11) is 0. The molecule has 2 aromatic rings. The summed E-state index contributed by atoms with van der Waals surface area (Å²) in [6.45, 7) is 9.31. The second-order valence-corrected chi connectivity index (χ2v) is 11.1. The monoisotopic (exact) mass is 478 g/mol. The Morgan fingerprint density at radius 2 is 1.77 bits per heavy atom. The van der Waals surface area contributed by atoms with E-state index in [9.17, 15) is 9.59 Å². The second-order valence-electron chi connectivity index (χ2n) is 11.1. The molecule has 0 spiro atoms. The number of rotatable bonds is 7. The number of benzene rings is 1. The van der Waals surface area contributed by atoms with Crippen molar-refractivity contribution in [3.05, 3.63) is 41.6 Å². The third-order valence-electron chi connectivity index (χ3n) is 7.82. The number of aromatic nitrogens is 2. The Labute approximate surface area is 210 Å². The van der Waals surface area contributed by atoms with E-state index in [2.05, 4.69) is 50.4 Å². The van der Waals surface area contributed by atoms with E-state index in [1.165, 1.54) is 24.8 Å². The molecule has 1 aliphatic carbocycles. The van der Waals surface area contributed by atoms with Gasteiger partial charge in [0.15, 0.2) is 0 Å². The molecule has 1 fully saturated rings. The average molecular weight is 479 g/mol. The van der Waals surface area contributed by atoms with Gasteiger partial charge in [0.25, 0.3) is 5.91 Å². The van der Waals surface area contributed by atoms with Crippen molar-refractivity contribution < 1.29 is 9.59 Å². The minimum atomic E-state index is -0.962. The molecule has 6 heteroatoms. The van der Waals surface area contributed by atoms with Gasteiger partial charge in [0, 0.05) is 18.2 Å². The van der Waals surface area contributed by atoms with Crippen LogP contribution >= 0.6 is 0 Å². The lowest BCUT2D eigenvalue weighted by molar-refractivity contribution is -0.134. The Morgan fingerprint density at radius 1 is 1.11 bits per heavy atom. The maximum absolute atomic E-state index is 13.8. The maximum atomic E-state index is 13.8. The summed E-state index contributed by atoms with van der Waals surface area (Å²) in [6, 6.07) is 10.4. The molecule has 0 bridgehead atoms. The lowest BCUT2D eigenvalue weighted by Crippen LogP contribution is -2.65. The van der Waals surface area contributed by atoms with E-state index in [1.807, 2.05) is 17.9 Å². The van der Waals surface area contributed by atoms with Crippen LogP contribution in [0.3, 0.4) is 0 Å². The van der Waals surface area contributed by atoms with Crippen LogP contribution in [0.1, 0.15) is 95.1 Å². The molecule has 6 nitrogen and oxygen atoms in total. The van der Waals surface area contributed by atoms with Gasteiger partial charge in [0.2, 0.25) is 5.91 Å². The van der Waals surface area contributed by atoms with Crippen molar-refractivity contribution in [3.63, 3.8) is 0 Å². The van der Waals surface area contributed by atoms with Crippen molar-refractivity contribution in [3.8, 4) is 11.3 Å². The molecular weight excluding hydrogens is 436 g/mol. The van der Waals surface area contributed by atoms with Crippen LogP contribution < -0.4 is 5.32 Å². The molecular formula is C29H42N4O2. The summed E-state index contributed by atoms with van der Waals surface area (Å²) >= 11 is 0. The van der Waals surface area contributed by atoms with Gasteiger partial charge in [-0.25, -0.2) is 0 Å². The highest BCUT2D eigenvalue weighted by Crippen LogP contribution is 2.31. The van der Waals surface area contributed by atoms with Crippen LogP contribution in [0.25, 0.3) is 11.3 Å². The van der Waals surface area contributed by atoms with Gasteiger partial charge in [0.1, 0.15) is 11.2 Å². The topological polar surface area (TPSA) is 67.2 Å². The predicted octanol–water partition coefficient (Wildman–Crippen LogP) is 5.60. The highest BCUT2D eigenvalue weighted by Gasteiger charge is 2.48. The number of fused-ring (bicyclic) bond motifs is 1. The summed E-state index contributed by atoms with van der Waals surface area (Å²) in [5.41, 5.74) is 2.65. The lowest BCUT2D eigenvalue weighted by Gasteiger charge is -2.44. The van der Waals surface area contributed by atoms with E-state index in [0.717, 1.165) is 49.8 Å². The number of nitrogens with zero attached hydrogens (tertiary/aromatic N) is 3. The van der Waals surface area contributed by atoms with Crippen molar-refractivity contribution in [2.45, 2.75) is 104 Å². The fourth-order valence-corrected chi connectivity index (χ4v) is 5.37. The zero-order valence-electron chi connectivity index (χ0n) is 22.0. The number of carbonyl (C=O) groups excluding carboxylic acids is 2. The highest BCUT2D eigenvalue weighted by atomic mass is 16.2. The summed E-state index contributed by atoms with van der Waals surface area (Å²) in [5, 5.41) is 8.14. The summed E-state index contributed by atoms with van der Waals surface area (Å²) in [6.07, 6.45) is 9.96. The number of aryl methyl sites for hydroxylation is 1. The molecule has 0 radical (unpaired) electrons. The zero-order valence-corrected chi connectivity index (χ0v) is 22.0. The number of hydrogen-bond donors (Lipinski definition) is 1. The van der Waals surface area contributed by atoms with E-state index < -0.39 is 5.54 Å². The first-order valence-corrected chi connectivity index (χ1v) is 13.6. The van der Waals surface area contributed by atoms with Gasteiger partial charge in [-0.1, -0.05) is 77.1 Å². The molecule has 1 aromatic carbocycles. The minimum Gasteiger partial charge on any atom is -0.351 e. The first-order valence-electron chi connectivity index (χ1n) is 13.6. The van der Waals surface area contributed by atoms with E-state index in [1.54, 1.807) is 4.68 Å². The Kier molecular flexibility index (Phi) is 7.98. The number of amides is 2. The SMILES string of the molecule is CCc1ccc(-c2cc3n(n2)C[C@](C)(C(=O)NC2CCCCCCC2)N(CCC(C)C)C3=O)cc1. The van der Waals surface area contributed by atoms with Crippen molar-refractivity contribution >= 4 is 11.8 Å². The first-order chi connectivity index (χ1) is 16.8. The Bertz CT molecular complexity index is 1020. The van der Waals surface area contributed by atoms with Crippen LogP contribution in [0.15, 0.2) is 30.3 Å². The standard InChI is InChI=1S/C29H42N4O2/c1-5-22-13-15-23(16-14-22)25-19-26-27(34)32(18-17-21(2)3)29(4,20-33(26)31-25)28(35)30-24-11-9-7-6-8-10-12-24/h13-16,19,21,24H,5-12,17-18,20H2,1-4H3,(H,30,35)/t29-/m1/s1. The van der Waals surface area contributed by atoms with E-state index in [-0.39, 0.29) is 17.9 Å². The summed E-state index contributed by atoms with van der Waals surface area (Å²) < 4.78 is 1.76. The van der Waals surface area contributed by atoms with Crippen LogP contribution in [0, 0.1) is 5.92 Å². The number of nitrogens with one attached hydrogen (secondary N) is 1. The van der Waals surface area contributed by atoms with Crippen molar-refractivity contribution in [2.75, 3.05) is 6.54 Å². The van der Waals surface area contributed by atoms with Gasteiger partial charge in [0.05, 0.1) is 12.2 Å². The predicted molar refractivity (Wildman–Crippen MR) is 140 cm³/mol. The van der Waals surface area contributed by atoms with Gasteiger partial charge in [-0.2, -0.15) is 5.10 Å². The smallest absolute Gasteiger partial charge is 0.273 e. The molecule has 1 aliphatic heterocycles. The van der Waals surface area contributed by atoms with Crippen molar-refractivity contribution in [2.24, 2.45) is 5.92 Å². The second kappa shape index (κ2) is 11.0. The highest BCUT2D eigenvalue weighted by molar-refractivity contribution is 6.00. The molecule has 1 atom stereocenters. The molecule has 1 aromatic heterocycles. The Hall–Kier alpha value is -2.63. The van der Waals surface area contributed by atoms with Crippen LogP contribution in [0.5, 0.6) is 0 Å². The van der Waals surface area contributed by atoms with E-state index in [4.69, 9.17) is 5.10 Å². The number of hydrogen-bond acceptors (Lipinski definition) is 3. The fraction of sp³-hybridized carbons (Fsp3) is 0.621. The quantitative estimate of drug-likeness (QED) is 0.563. The normalized spacial score (nSPS) is 21.5. The van der Waals surface area contributed by atoms with Crippen LogP contribution in [0.4, 0.5) is 0 Å². The third kappa shape index (κ3) is 5.62. The third-order valence-corrected chi connectivity index (χ3v) is 7.82. The molecule has 2 amide bonds. The molecule has 4 rings (SSSR count). The molecule has 2 aliphatic rings. The number of carbonyl (C=O) groups is 2. The van der Waals surface area contributed by atoms with Gasteiger partial charge in [-0.05, 0) is 50.2 Å². The molecule has 1 saturated carbocycles. The average Bonchev–Trinajstić information content (AvgIpc) is 3.24. The zero-order chi connectivity index (χ0) is 25.0. The Balaban J connectivity index is 1.62. The van der Waals surface area contributed by atoms with Crippen molar-refractivity contribution in [1.29, 1.82) is 0 Å². The van der Waals surface area contributed by atoms with Crippen molar-refractivity contribution in [1.82, 2.24) is 20.0 Å². The Morgan fingerprint density at radius 3 is 2.40 bits per heavy atom. The molecule has 0 unspecified atom stereocenters. The lowest BCUT2D eigenvalue weighted by atomic mass is 9.91. The van der Waals surface area contributed by atoms with Gasteiger partial charge < -0.3 is 10.2 Å². The van der Waals surface area contributed by atoms with Gasteiger partial charge in [-0.15, -0.1) is 0 Å². The molecule has 35 heavy (non-hydrogen) atoms. The molecule has 190 valence electrons. The van der Waals surface area contributed by atoms with Crippen LogP contribution in [-0.4, -0.2) is 44.6 Å². The molecule has 2 heterocycles. The molecule has 1 N–H and O–H groups in total. The van der Waals surface area contributed by atoms with Crippen LogP contribution in [-0.2, 0) is 17.8 Å². The fourth-order valence-electron chi connectivity index (χ4n) is 5.37. The summed E-state index contributed by atoms with van der Waals surface area (Å²) in [5.74, 6) is 0.298. The summed E-state index contributed by atoms with van der Waals surface area (Å²) in [4.78, 5) is 29.4. The first kappa shape index (κ1) is 25.5. The van der Waals surface area contributed by atoms with E-state index in [0.29, 0.717) is 24.7 Å². The minimum absolute atomic E-state index is 0.0461. The van der Waals surface area contributed by atoms with E-state index >= 15 is 0 Å². The molecule has 0 saturated heterocycles. The largest absolute Gasteiger partial charge is 0.351 e. The van der Waals surface area contributed by atoms with Gasteiger partial charge >= 0.3 is 0 Å². The van der Waals surface area contributed by atoms with Gasteiger partial charge in [-0.3, -0.25) is 14.3 Å². The van der Waals surface area contributed by atoms with Crippen LogP contribution in [0.2, 0.25) is 0 Å².